The van der Waals surface area contributed by atoms with Gasteiger partial charge in [-0.3, -0.25) is 4.40 Å². The second-order valence-corrected chi connectivity index (χ2v) is 7.89. The van der Waals surface area contributed by atoms with Crippen LogP contribution in [0.1, 0.15) is 22.5 Å². The van der Waals surface area contributed by atoms with Crippen LogP contribution in [0, 0.1) is 5.82 Å². The minimum absolute atomic E-state index is 0.00960. The number of nitrogens with two attached hydrogens (primary N) is 1. The molecule has 0 aliphatic rings. The highest BCUT2D eigenvalue weighted by Crippen LogP contribution is 2.29. The van der Waals surface area contributed by atoms with Gasteiger partial charge < -0.3 is 15.9 Å². The molecule has 7 heteroatoms. The number of phenols is 1. The molecule has 6 nitrogen and oxygen atoms in total. The van der Waals surface area contributed by atoms with Crippen molar-refractivity contribution in [3.8, 4) is 22.9 Å². The summed E-state index contributed by atoms with van der Waals surface area (Å²) in [6.07, 6.45) is 2.54. The highest BCUT2D eigenvalue weighted by Gasteiger charge is 2.18. The number of halogens is 1. The van der Waals surface area contributed by atoms with Crippen molar-refractivity contribution in [2.45, 2.75) is 12.8 Å². The van der Waals surface area contributed by atoms with E-state index in [2.05, 4.69) is 4.98 Å². The van der Waals surface area contributed by atoms with Gasteiger partial charge in [0.25, 0.3) is 0 Å². The molecule has 0 atom stereocenters. The molecule has 0 fully saturated rings. The molecule has 33 heavy (non-hydrogen) atoms. The molecule has 0 amide bonds. The molecular formula is C26H21FN4O2. The quantitative estimate of drug-likeness (QED) is 0.344. The van der Waals surface area contributed by atoms with Crippen molar-refractivity contribution in [1.82, 2.24) is 14.4 Å². The Balaban J connectivity index is 1.63. The number of rotatable bonds is 5. The van der Waals surface area contributed by atoms with E-state index in [0.717, 1.165) is 16.7 Å². The second-order valence-electron chi connectivity index (χ2n) is 7.89. The molecule has 5 rings (SSSR count). The van der Waals surface area contributed by atoms with E-state index < -0.39 is 5.82 Å². The Kier molecular flexibility index (Phi) is 5.14. The fourth-order valence-corrected chi connectivity index (χ4v) is 3.84. The molecular weight excluding hydrogens is 419 g/mol. The van der Waals surface area contributed by atoms with E-state index in [1.807, 2.05) is 30.3 Å². The molecule has 0 aliphatic carbocycles. The maximum absolute atomic E-state index is 13.6. The highest BCUT2D eigenvalue weighted by molar-refractivity contribution is 5.64. The van der Waals surface area contributed by atoms with Crippen molar-refractivity contribution in [2.75, 3.05) is 5.73 Å². The molecule has 0 aliphatic heterocycles. The summed E-state index contributed by atoms with van der Waals surface area (Å²) in [5, 5.41) is 20.6. The van der Waals surface area contributed by atoms with Crippen LogP contribution in [-0.4, -0.2) is 24.6 Å². The number of anilines is 1. The second kappa shape index (κ2) is 8.27. The molecule has 2 heterocycles. The molecule has 0 bridgehead atoms. The average molecular weight is 440 g/mol. The van der Waals surface area contributed by atoms with Gasteiger partial charge in [-0.05, 0) is 47.5 Å². The van der Waals surface area contributed by atoms with Crippen LogP contribution in [0.5, 0.6) is 11.6 Å². The lowest BCUT2D eigenvalue weighted by molar-refractivity contribution is 0.442. The van der Waals surface area contributed by atoms with Crippen molar-refractivity contribution >= 4 is 11.3 Å². The van der Waals surface area contributed by atoms with Crippen molar-refractivity contribution in [2.24, 2.45) is 0 Å². The lowest BCUT2D eigenvalue weighted by Crippen LogP contribution is -2.00. The molecule has 0 saturated carbocycles. The number of hydrogen-bond donors (Lipinski definition) is 3. The third kappa shape index (κ3) is 4.08. The molecule has 3 aromatic carbocycles. The minimum Gasteiger partial charge on any atom is -0.508 e. The van der Waals surface area contributed by atoms with E-state index in [1.165, 1.54) is 6.07 Å². The zero-order valence-corrected chi connectivity index (χ0v) is 17.6. The monoisotopic (exact) mass is 440 g/mol. The molecule has 0 spiro atoms. The molecule has 0 radical (unpaired) electrons. The average Bonchev–Trinajstić information content (AvgIpc) is 3.13. The third-order valence-electron chi connectivity index (χ3n) is 5.53. The van der Waals surface area contributed by atoms with E-state index in [4.69, 9.17) is 10.7 Å². The zero-order chi connectivity index (χ0) is 22.9. The first-order valence-electron chi connectivity index (χ1n) is 10.4. The first-order chi connectivity index (χ1) is 16.0. The van der Waals surface area contributed by atoms with Gasteiger partial charge >= 0.3 is 0 Å². The molecule has 164 valence electrons. The van der Waals surface area contributed by atoms with E-state index in [1.54, 1.807) is 47.0 Å². The fraction of sp³-hybridized carbons (Fsp3) is 0.0769. The smallest absolute Gasteiger partial charge is 0.219 e. The van der Waals surface area contributed by atoms with E-state index in [-0.39, 0.29) is 23.7 Å². The maximum atomic E-state index is 13.6. The molecule has 4 N–H and O–H groups in total. The summed E-state index contributed by atoms with van der Waals surface area (Å²) >= 11 is 0. The number of aromatic nitrogens is 3. The van der Waals surface area contributed by atoms with E-state index >= 15 is 0 Å². The van der Waals surface area contributed by atoms with Crippen LogP contribution < -0.4 is 5.73 Å². The van der Waals surface area contributed by atoms with E-state index in [9.17, 15) is 14.6 Å². The topological polar surface area (TPSA) is 96.7 Å². The van der Waals surface area contributed by atoms with Crippen LogP contribution >= 0.6 is 0 Å². The Bertz CT molecular complexity index is 1450. The van der Waals surface area contributed by atoms with Gasteiger partial charge in [-0.2, -0.15) is 0 Å². The van der Waals surface area contributed by atoms with Gasteiger partial charge in [0, 0.05) is 24.6 Å². The van der Waals surface area contributed by atoms with Crippen molar-refractivity contribution < 1.29 is 14.6 Å². The lowest BCUT2D eigenvalue weighted by atomic mass is 10.1. The van der Waals surface area contributed by atoms with Crippen LogP contribution in [0.2, 0.25) is 0 Å². The van der Waals surface area contributed by atoms with Crippen LogP contribution in [-0.2, 0) is 12.8 Å². The van der Waals surface area contributed by atoms with Crippen LogP contribution in [0.15, 0.2) is 79.0 Å². The Hall–Kier alpha value is -4.39. The van der Waals surface area contributed by atoms with Gasteiger partial charge in [0.05, 0.1) is 17.1 Å². The highest BCUT2D eigenvalue weighted by atomic mass is 19.1. The summed E-state index contributed by atoms with van der Waals surface area (Å²) in [6.45, 7) is 0. The normalized spacial score (nSPS) is 11.2. The van der Waals surface area contributed by atoms with Crippen LogP contribution in [0.4, 0.5) is 10.1 Å². The predicted octanol–water partition coefficient (Wildman–Crippen LogP) is 4.71. The Morgan fingerprint density at radius 3 is 2.27 bits per heavy atom. The third-order valence-corrected chi connectivity index (χ3v) is 5.53. The number of nitrogen functional groups attached to an aromatic ring is 1. The van der Waals surface area contributed by atoms with Crippen molar-refractivity contribution in [1.29, 1.82) is 0 Å². The SMILES string of the molecule is Nc1cc(Cc2nc3c(Cc4ccccc4)nc(-c4ccc(O)cc4)cn3c2O)ccc1F. The first-order valence-corrected chi connectivity index (χ1v) is 10.4. The molecule has 5 aromatic rings. The van der Waals surface area contributed by atoms with Gasteiger partial charge in [0.2, 0.25) is 5.88 Å². The van der Waals surface area contributed by atoms with Gasteiger partial charge in [-0.25, -0.2) is 14.4 Å². The Labute approximate surface area is 189 Å². The number of benzene rings is 3. The maximum Gasteiger partial charge on any atom is 0.219 e. The summed E-state index contributed by atoms with van der Waals surface area (Å²) in [6, 6.07) is 21.1. The van der Waals surface area contributed by atoms with E-state index in [0.29, 0.717) is 29.1 Å². The van der Waals surface area contributed by atoms with Gasteiger partial charge in [0.1, 0.15) is 17.3 Å². The molecule has 0 unspecified atom stereocenters. The Morgan fingerprint density at radius 2 is 1.55 bits per heavy atom. The van der Waals surface area contributed by atoms with Crippen LogP contribution in [0.3, 0.4) is 0 Å². The number of nitrogens with zero attached hydrogens (tertiary/aromatic N) is 3. The lowest BCUT2D eigenvalue weighted by Gasteiger charge is -2.08. The van der Waals surface area contributed by atoms with Crippen molar-refractivity contribution in [3.63, 3.8) is 0 Å². The van der Waals surface area contributed by atoms with Crippen molar-refractivity contribution in [3.05, 3.63) is 107 Å². The Morgan fingerprint density at radius 1 is 0.818 bits per heavy atom. The first kappa shape index (κ1) is 20.5. The summed E-state index contributed by atoms with van der Waals surface area (Å²) in [5.74, 6) is -0.328. The summed E-state index contributed by atoms with van der Waals surface area (Å²) < 4.78 is 15.2. The predicted molar refractivity (Wildman–Crippen MR) is 125 cm³/mol. The van der Waals surface area contributed by atoms with Gasteiger partial charge in [-0.1, -0.05) is 36.4 Å². The summed E-state index contributed by atoms with van der Waals surface area (Å²) in [7, 11) is 0. The van der Waals surface area contributed by atoms with Gasteiger partial charge in [0.15, 0.2) is 5.65 Å². The molecule has 0 saturated heterocycles. The number of hydrogen-bond acceptors (Lipinski definition) is 5. The zero-order valence-electron chi connectivity index (χ0n) is 17.6. The standard InChI is InChI=1S/C26H21FN4O2/c27-20-11-6-17(12-21(20)28)14-23-26(33)31-15-24(18-7-9-19(32)10-8-18)29-22(25(31)30-23)13-16-4-2-1-3-5-16/h1-12,15,32-33H,13-14,28H2. The summed E-state index contributed by atoms with van der Waals surface area (Å²) in [4.78, 5) is 9.52. The fourth-order valence-electron chi connectivity index (χ4n) is 3.84. The number of phenolic OH excluding ortho intramolecular Hbond substituents is 1. The summed E-state index contributed by atoms with van der Waals surface area (Å²) in [5.41, 5.74) is 10.7. The minimum atomic E-state index is -0.481. The number of imidazole rings is 1. The number of aromatic hydroxyl groups is 2. The largest absolute Gasteiger partial charge is 0.508 e. The molecule has 2 aromatic heterocycles. The number of fused-ring (bicyclic) bond motifs is 1. The van der Waals surface area contributed by atoms with Gasteiger partial charge in [-0.15, -0.1) is 0 Å². The van der Waals surface area contributed by atoms with Crippen LogP contribution in [0.25, 0.3) is 16.9 Å².